The first-order valence-electron chi connectivity index (χ1n) is 13.0. The normalized spacial score (nSPS) is 28.9. The van der Waals surface area contributed by atoms with E-state index in [1.54, 1.807) is 12.4 Å². The van der Waals surface area contributed by atoms with Crippen LogP contribution < -0.4 is 11.1 Å². The van der Waals surface area contributed by atoms with Gasteiger partial charge in [0.1, 0.15) is 5.60 Å². The molecular weight excluding hydrogens is 456 g/mol. The highest BCUT2D eigenvalue weighted by Crippen LogP contribution is 2.63. The maximum Gasteiger partial charge on any atom is 0.406 e. The van der Waals surface area contributed by atoms with E-state index in [0.717, 1.165) is 54.4 Å². The maximum absolute atomic E-state index is 13.5. The number of hydrogen-bond donors (Lipinski definition) is 3. The number of pyridine rings is 1. The summed E-state index contributed by atoms with van der Waals surface area (Å²) < 4.78 is 4.69. The van der Waals surface area contributed by atoms with Crippen molar-refractivity contribution in [3.05, 3.63) is 53.9 Å². The lowest BCUT2D eigenvalue weighted by Gasteiger charge is -2.62. The molecule has 0 unspecified atom stereocenters. The first kappa shape index (κ1) is 24.7. The van der Waals surface area contributed by atoms with Crippen molar-refractivity contribution in [3.8, 4) is 11.1 Å². The van der Waals surface area contributed by atoms with Crippen molar-refractivity contribution in [2.45, 2.75) is 62.0 Å². The van der Waals surface area contributed by atoms with E-state index < -0.39 is 17.1 Å². The van der Waals surface area contributed by atoms with Crippen LogP contribution in [0.25, 0.3) is 11.1 Å². The molecule has 1 saturated heterocycles. The second kappa shape index (κ2) is 9.82. The number of nitrogens with two attached hydrogens (primary N) is 1. The van der Waals surface area contributed by atoms with Crippen LogP contribution in [0.1, 0.15) is 56.1 Å². The Hall–Kier alpha value is -2.97. The molecule has 1 aliphatic heterocycles. The standard InChI is InChI=1S/C28H36N4O4/c1-36-26(34)31-13-3-12-28(35)24-22(19-9-14-30-15-10-19)5-2-6-23(24)27(28)11-4-16-32(18-27)25(33)20-7-8-21(29)17-20/h2,5-6,9-10,14-15,20-21,35H,3-4,7-8,11-13,16-18,29H2,1H3,(H,31,34)/t20-,21+,27-,28-/m1/s1. The molecular formula is C28H36N4O4. The van der Waals surface area contributed by atoms with Crippen molar-refractivity contribution >= 4 is 12.0 Å². The third-order valence-corrected chi connectivity index (χ3v) is 8.57. The number of amides is 2. The Labute approximate surface area is 212 Å². The van der Waals surface area contributed by atoms with E-state index in [1.807, 2.05) is 29.2 Å². The number of methoxy groups -OCH3 is 1. The van der Waals surface area contributed by atoms with E-state index in [-0.39, 0.29) is 17.9 Å². The smallest absolute Gasteiger partial charge is 0.406 e. The van der Waals surface area contributed by atoms with Crippen LogP contribution in [0.3, 0.4) is 0 Å². The molecule has 0 bridgehead atoms. The summed E-state index contributed by atoms with van der Waals surface area (Å²) in [6.07, 6.45) is 8.24. The lowest BCUT2D eigenvalue weighted by Crippen LogP contribution is -2.66. The number of likely N-dealkylation sites (tertiary alicyclic amines) is 1. The molecule has 1 spiro atoms. The number of rotatable bonds is 6. The monoisotopic (exact) mass is 492 g/mol. The number of nitrogens with zero attached hydrogens (tertiary/aromatic N) is 2. The van der Waals surface area contributed by atoms with E-state index in [4.69, 9.17) is 10.5 Å². The van der Waals surface area contributed by atoms with Gasteiger partial charge in [0.25, 0.3) is 0 Å². The number of carbonyl (C=O) groups is 2. The molecule has 2 heterocycles. The summed E-state index contributed by atoms with van der Waals surface area (Å²) in [5, 5.41) is 15.2. The van der Waals surface area contributed by atoms with Gasteiger partial charge in [-0.2, -0.15) is 0 Å². The number of aromatic nitrogens is 1. The van der Waals surface area contributed by atoms with Gasteiger partial charge in [-0.05, 0) is 79.3 Å². The van der Waals surface area contributed by atoms with Gasteiger partial charge in [-0.1, -0.05) is 18.2 Å². The zero-order chi connectivity index (χ0) is 25.3. The molecule has 1 aromatic heterocycles. The highest BCUT2D eigenvalue weighted by molar-refractivity contribution is 5.81. The first-order valence-corrected chi connectivity index (χ1v) is 13.0. The van der Waals surface area contributed by atoms with E-state index in [0.29, 0.717) is 32.5 Å². The van der Waals surface area contributed by atoms with Crippen LogP contribution in [-0.4, -0.2) is 59.8 Å². The zero-order valence-corrected chi connectivity index (χ0v) is 20.9. The predicted molar refractivity (Wildman–Crippen MR) is 136 cm³/mol. The molecule has 0 radical (unpaired) electrons. The number of nitrogens with one attached hydrogen (secondary N) is 1. The van der Waals surface area contributed by atoms with Crippen molar-refractivity contribution in [1.82, 2.24) is 15.2 Å². The molecule has 4 N–H and O–H groups in total. The fourth-order valence-corrected chi connectivity index (χ4v) is 6.84. The quantitative estimate of drug-likeness (QED) is 0.534. The van der Waals surface area contributed by atoms with Crippen LogP contribution >= 0.6 is 0 Å². The number of alkyl carbamates (subject to hydrolysis) is 1. The van der Waals surface area contributed by atoms with Gasteiger partial charge in [-0.15, -0.1) is 0 Å². The van der Waals surface area contributed by atoms with Crippen LogP contribution in [-0.2, 0) is 20.5 Å². The van der Waals surface area contributed by atoms with E-state index in [9.17, 15) is 14.7 Å². The fraction of sp³-hybridized carbons (Fsp3) is 0.536. The number of benzene rings is 1. The highest BCUT2D eigenvalue weighted by atomic mass is 16.5. The second-order valence-electron chi connectivity index (χ2n) is 10.6. The Bertz CT molecular complexity index is 1130. The average Bonchev–Trinajstić information content (AvgIpc) is 3.36. The Kier molecular flexibility index (Phi) is 6.74. The maximum atomic E-state index is 13.5. The minimum atomic E-state index is -1.12. The lowest BCUT2D eigenvalue weighted by atomic mass is 9.47. The molecule has 8 nitrogen and oxygen atoms in total. The van der Waals surface area contributed by atoms with Crippen molar-refractivity contribution in [2.75, 3.05) is 26.7 Å². The Morgan fingerprint density at radius 2 is 2.06 bits per heavy atom. The molecule has 36 heavy (non-hydrogen) atoms. The summed E-state index contributed by atoms with van der Waals surface area (Å²) in [7, 11) is 1.34. The van der Waals surface area contributed by atoms with Gasteiger partial charge in [0.2, 0.25) is 5.91 Å². The number of aliphatic hydroxyl groups is 1. The fourth-order valence-electron chi connectivity index (χ4n) is 6.84. The summed E-state index contributed by atoms with van der Waals surface area (Å²) in [5.74, 6) is 0.158. The Morgan fingerprint density at radius 1 is 1.25 bits per heavy atom. The van der Waals surface area contributed by atoms with Crippen LogP contribution in [0.5, 0.6) is 0 Å². The summed E-state index contributed by atoms with van der Waals surface area (Å²) >= 11 is 0. The Morgan fingerprint density at radius 3 is 2.78 bits per heavy atom. The topological polar surface area (TPSA) is 118 Å². The van der Waals surface area contributed by atoms with Gasteiger partial charge in [-0.25, -0.2) is 4.79 Å². The summed E-state index contributed by atoms with van der Waals surface area (Å²) in [6.45, 7) is 1.62. The van der Waals surface area contributed by atoms with E-state index in [2.05, 4.69) is 16.4 Å². The predicted octanol–water partition coefficient (Wildman–Crippen LogP) is 3.07. The number of fused-ring (bicyclic) bond motifs is 2. The lowest BCUT2D eigenvalue weighted by molar-refractivity contribution is -0.148. The average molecular weight is 493 g/mol. The molecule has 5 rings (SSSR count). The number of piperidine rings is 1. The molecule has 192 valence electrons. The van der Waals surface area contributed by atoms with Gasteiger partial charge >= 0.3 is 6.09 Å². The van der Waals surface area contributed by atoms with Gasteiger partial charge in [0.15, 0.2) is 0 Å². The summed E-state index contributed by atoms with van der Waals surface area (Å²) in [6, 6.07) is 10.2. The highest BCUT2D eigenvalue weighted by Gasteiger charge is 2.64. The van der Waals surface area contributed by atoms with Crippen LogP contribution in [0.4, 0.5) is 4.79 Å². The van der Waals surface area contributed by atoms with Gasteiger partial charge in [-0.3, -0.25) is 9.78 Å². The molecule has 2 amide bonds. The molecule has 4 atom stereocenters. The van der Waals surface area contributed by atoms with E-state index in [1.165, 1.54) is 7.11 Å². The largest absolute Gasteiger partial charge is 0.453 e. The first-order chi connectivity index (χ1) is 17.4. The Balaban J connectivity index is 1.48. The zero-order valence-electron chi connectivity index (χ0n) is 20.9. The number of carbonyl (C=O) groups excluding carboxylic acids is 2. The van der Waals surface area contributed by atoms with Crippen LogP contribution in [0, 0.1) is 5.92 Å². The number of hydrogen-bond acceptors (Lipinski definition) is 6. The van der Waals surface area contributed by atoms with Crippen LogP contribution in [0.15, 0.2) is 42.7 Å². The van der Waals surface area contributed by atoms with Gasteiger partial charge < -0.3 is 25.8 Å². The minimum absolute atomic E-state index is 0.0183. The second-order valence-corrected chi connectivity index (χ2v) is 10.6. The molecule has 2 aliphatic carbocycles. The SMILES string of the molecule is COC(=O)NCCC[C@@]1(O)c2c(-c3ccncc3)cccc2[C@]12CCCN(C(=O)[C@@H]1CC[C@H](N)C1)C2. The summed E-state index contributed by atoms with van der Waals surface area (Å²) in [5.41, 5.74) is 8.51. The van der Waals surface area contributed by atoms with Crippen molar-refractivity contribution in [2.24, 2.45) is 11.7 Å². The third kappa shape index (κ3) is 4.06. The molecule has 1 aromatic carbocycles. The van der Waals surface area contributed by atoms with Gasteiger partial charge in [0.05, 0.1) is 7.11 Å². The molecule has 3 aliphatic rings. The van der Waals surface area contributed by atoms with E-state index >= 15 is 0 Å². The van der Waals surface area contributed by atoms with Crippen molar-refractivity contribution < 1.29 is 19.4 Å². The van der Waals surface area contributed by atoms with Crippen LogP contribution in [0.2, 0.25) is 0 Å². The minimum Gasteiger partial charge on any atom is -0.453 e. The molecule has 1 saturated carbocycles. The number of ether oxygens (including phenoxy) is 1. The molecule has 8 heteroatoms. The summed E-state index contributed by atoms with van der Waals surface area (Å²) in [4.78, 5) is 31.2. The van der Waals surface area contributed by atoms with Gasteiger partial charge in [0, 0.05) is 49.4 Å². The molecule has 2 aromatic rings. The van der Waals surface area contributed by atoms with Crippen molar-refractivity contribution in [1.29, 1.82) is 0 Å². The third-order valence-electron chi connectivity index (χ3n) is 8.57. The van der Waals surface area contributed by atoms with Crippen molar-refractivity contribution in [3.63, 3.8) is 0 Å². The molecule has 2 fully saturated rings.